The fourth-order valence-electron chi connectivity index (χ4n) is 1.69. The predicted octanol–water partition coefficient (Wildman–Crippen LogP) is 2.24. The van der Waals surface area contributed by atoms with Crippen LogP contribution in [0.4, 0.5) is 0 Å². The number of aryl methyl sites for hydroxylation is 2. The van der Waals surface area contributed by atoms with Gasteiger partial charge in [-0.2, -0.15) is 0 Å². The summed E-state index contributed by atoms with van der Waals surface area (Å²) in [5, 5.41) is 9.12. The van der Waals surface area contributed by atoms with E-state index in [1.807, 2.05) is 19.9 Å². The molecule has 1 aromatic carbocycles. The van der Waals surface area contributed by atoms with Gasteiger partial charge in [-0.15, -0.1) is 0 Å². The Labute approximate surface area is 107 Å². The second-order valence-electron chi connectivity index (χ2n) is 5.10. The van der Waals surface area contributed by atoms with Crippen LogP contribution in [-0.2, 0) is 4.79 Å². The molecule has 0 saturated carbocycles. The fraction of sp³-hybridized carbons (Fsp3) is 0.429. The molecule has 18 heavy (non-hydrogen) atoms. The zero-order valence-corrected chi connectivity index (χ0v) is 11.4. The standard InChI is InChI=1S/C14H19NO3/c1-9-6-10(2)8-11(7-9)12(16)15(5)14(3,4)13(17)18/h6-8H,1-5H3,(H,17,18). The highest BCUT2D eigenvalue weighted by molar-refractivity contribution is 5.97. The van der Waals surface area contributed by atoms with E-state index in [4.69, 9.17) is 5.11 Å². The zero-order chi connectivity index (χ0) is 14.1. The Morgan fingerprint density at radius 3 is 1.94 bits per heavy atom. The van der Waals surface area contributed by atoms with Gasteiger partial charge in [-0.3, -0.25) is 4.79 Å². The molecule has 0 fully saturated rings. The van der Waals surface area contributed by atoms with Crippen molar-refractivity contribution in [2.24, 2.45) is 0 Å². The van der Waals surface area contributed by atoms with E-state index in [1.165, 1.54) is 25.8 Å². The minimum atomic E-state index is -1.23. The number of carbonyl (C=O) groups excluding carboxylic acids is 1. The number of amides is 1. The van der Waals surface area contributed by atoms with E-state index in [2.05, 4.69) is 0 Å². The van der Waals surface area contributed by atoms with E-state index in [0.717, 1.165) is 11.1 Å². The number of aliphatic carboxylic acids is 1. The third-order valence-electron chi connectivity index (χ3n) is 3.14. The third kappa shape index (κ3) is 2.70. The normalized spacial score (nSPS) is 11.2. The van der Waals surface area contributed by atoms with Crippen molar-refractivity contribution in [1.82, 2.24) is 4.90 Å². The van der Waals surface area contributed by atoms with E-state index in [0.29, 0.717) is 5.56 Å². The molecule has 0 bridgehead atoms. The number of carbonyl (C=O) groups is 2. The van der Waals surface area contributed by atoms with Crippen molar-refractivity contribution in [2.45, 2.75) is 33.2 Å². The molecule has 98 valence electrons. The molecular weight excluding hydrogens is 230 g/mol. The fourth-order valence-corrected chi connectivity index (χ4v) is 1.69. The van der Waals surface area contributed by atoms with Crippen LogP contribution in [0, 0.1) is 13.8 Å². The molecule has 0 aliphatic carbocycles. The molecular formula is C14H19NO3. The Bertz CT molecular complexity index is 472. The molecule has 1 rings (SSSR count). The van der Waals surface area contributed by atoms with Crippen molar-refractivity contribution in [3.05, 3.63) is 34.9 Å². The maximum absolute atomic E-state index is 12.3. The first-order valence-corrected chi connectivity index (χ1v) is 5.76. The van der Waals surface area contributed by atoms with E-state index in [-0.39, 0.29) is 5.91 Å². The van der Waals surface area contributed by atoms with Crippen LogP contribution in [0.25, 0.3) is 0 Å². The summed E-state index contributed by atoms with van der Waals surface area (Å²) in [6.45, 7) is 6.84. The Hall–Kier alpha value is -1.84. The maximum atomic E-state index is 12.3. The predicted molar refractivity (Wildman–Crippen MR) is 69.7 cm³/mol. The molecule has 0 spiro atoms. The van der Waals surface area contributed by atoms with Gasteiger partial charge in [0.2, 0.25) is 0 Å². The number of carboxylic acid groups (broad SMARTS) is 1. The van der Waals surface area contributed by atoms with Gasteiger partial charge in [0.1, 0.15) is 5.54 Å². The lowest BCUT2D eigenvalue weighted by Crippen LogP contribution is -2.50. The molecule has 1 amide bonds. The monoisotopic (exact) mass is 249 g/mol. The van der Waals surface area contributed by atoms with E-state index in [1.54, 1.807) is 12.1 Å². The molecule has 0 aliphatic rings. The number of nitrogens with zero attached hydrogens (tertiary/aromatic N) is 1. The summed E-state index contributed by atoms with van der Waals surface area (Å²) in [6.07, 6.45) is 0. The van der Waals surface area contributed by atoms with Gasteiger partial charge in [-0.1, -0.05) is 17.2 Å². The Balaban J connectivity index is 3.11. The molecule has 0 heterocycles. The number of benzene rings is 1. The van der Waals surface area contributed by atoms with E-state index < -0.39 is 11.5 Å². The summed E-state index contributed by atoms with van der Waals surface area (Å²) in [4.78, 5) is 24.7. The van der Waals surface area contributed by atoms with Crippen molar-refractivity contribution in [3.63, 3.8) is 0 Å². The third-order valence-corrected chi connectivity index (χ3v) is 3.14. The molecule has 0 atom stereocenters. The smallest absolute Gasteiger partial charge is 0.329 e. The van der Waals surface area contributed by atoms with Crippen LogP contribution in [0.1, 0.15) is 35.3 Å². The average molecular weight is 249 g/mol. The van der Waals surface area contributed by atoms with Crippen molar-refractivity contribution < 1.29 is 14.7 Å². The van der Waals surface area contributed by atoms with Crippen molar-refractivity contribution in [2.75, 3.05) is 7.05 Å². The van der Waals surface area contributed by atoms with Gasteiger partial charge >= 0.3 is 5.97 Å². The van der Waals surface area contributed by atoms with E-state index in [9.17, 15) is 9.59 Å². The lowest BCUT2D eigenvalue weighted by Gasteiger charge is -2.31. The van der Waals surface area contributed by atoms with Crippen LogP contribution in [0.3, 0.4) is 0 Å². The highest BCUT2D eigenvalue weighted by Gasteiger charge is 2.35. The first kappa shape index (κ1) is 14.2. The summed E-state index contributed by atoms with van der Waals surface area (Å²) in [7, 11) is 1.51. The molecule has 1 N–H and O–H groups in total. The number of hydrogen-bond acceptors (Lipinski definition) is 2. The van der Waals surface area contributed by atoms with Crippen LogP contribution >= 0.6 is 0 Å². The molecule has 0 aliphatic heterocycles. The molecule has 0 radical (unpaired) electrons. The van der Waals surface area contributed by atoms with Crippen molar-refractivity contribution in [3.8, 4) is 0 Å². The minimum Gasteiger partial charge on any atom is -0.480 e. The first-order valence-electron chi connectivity index (χ1n) is 5.76. The summed E-state index contributed by atoms with van der Waals surface area (Å²) in [5.41, 5.74) is 1.26. The molecule has 0 saturated heterocycles. The summed E-state index contributed by atoms with van der Waals surface area (Å²) in [6, 6.07) is 5.51. The van der Waals surface area contributed by atoms with Gasteiger partial charge in [0.15, 0.2) is 0 Å². The molecule has 0 aromatic heterocycles. The largest absolute Gasteiger partial charge is 0.480 e. The van der Waals surface area contributed by atoms with Gasteiger partial charge in [0.05, 0.1) is 0 Å². The number of hydrogen-bond donors (Lipinski definition) is 1. The quantitative estimate of drug-likeness (QED) is 0.893. The van der Waals surface area contributed by atoms with E-state index >= 15 is 0 Å². The van der Waals surface area contributed by atoms with Gasteiger partial charge < -0.3 is 10.0 Å². The summed E-state index contributed by atoms with van der Waals surface area (Å²) in [5.74, 6) is -1.31. The highest BCUT2D eigenvalue weighted by atomic mass is 16.4. The summed E-state index contributed by atoms with van der Waals surface area (Å²) >= 11 is 0. The Morgan fingerprint density at radius 2 is 1.56 bits per heavy atom. The molecule has 4 heteroatoms. The zero-order valence-electron chi connectivity index (χ0n) is 11.4. The molecule has 4 nitrogen and oxygen atoms in total. The second kappa shape index (κ2) is 4.80. The van der Waals surface area contributed by atoms with Crippen molar-refractivity contribution >= 4 is 11.9 Å². The van der Waals surface area contributed by atoms with Crippen LogP contribution in [0.15, 0.2) is 18.2 Å². The number of likely N-dealkylation sites (N-methyl/N-ethyl adjacent to an activating group) is 1. The van der Waals surface area contributed by atoms with Crippen LogP contribution in [0.5, 0.6) is 0 Å². The topological polar surface area (TPSA) is 57.6 Å². The van der Waals surface area contributed by atoms with Crippen LogP contribution in [0.2, 0.25) is 0 Å². The van der Waals surface area contributed by atoms with Gasteiger partial charge in [-0.05, 0) is 39.8 Å². The maximum Gasteiger partial charge on any atom is 0.329 e. The number of carboxylic acids is 1. The molecule has 0 unspecified atom stereocenters. The average Bonchev–Trinajstić information content (AvgIpc) is 2.25. The van der Waals surface area contributed by atoms with Gasteiger partial charge in [-0.25, -0.2) is 4.79 Å². The van der Waals surface area contributed by atoms with Crippen LogP contribution < -0.4 is 0 Å². The SMILES string of the molecule is Cc1cc(C)cc(C(=O)N(C)C(C)(C)C(=O)O)c1. The Kier molecular flexibility index (Phi) is 3.79. The second-order valence-corrected chi connectivity index (χ2v) is 5.10. The molecule has 1 aromatic rings. The van der Waals surface area contributed by atoms with Gasteiger partial charge in [0, 0.05) is 12.6 Å². The highest BCUT2D eigenvalue weighted by Crippen LogP contribution is 2.18. The van der Waals surface area contributed by atoms with Crippen LogP contribution in [-0.4, -0.2) is 34.5 Å². The number of rotatable bonds is 3. The minimum absolute atomic E-state index is 0.283. The lowest BCUT2D eigenvalue weighted by molar-refractivity contribution is -0.147. The lowest BCUT2D eigenvalue weighted by atomic mass is 10.0. The van der Waals surface area contributed by atoms with Gasteiger partial charge in [0.25, 0.3) is 5.91 Å². The Morgan fingerprint density at radius 1 is 1.11 bits per heavy atom. The summed E-state index contributed by atoms with van der Waals surface area (Å²) < 4.78 is 0. The van der Waals surface area contributed by atoms with Crippen molar-refractivity contribution in [1.29, 1.82) is 0 Å². The first-order chi connectivity index (χ1) is 8.16.